The zero-order valence-corrected chi connectivity index (χ0v) is 6.72. The molecular weight excluding hydrogens is 162 g/mol. The molecule has 1 rings (SSSR count). The van der Waals surface area contributed by atoms with Gasteiger partial charge in [0.25, 0.3) is 0 Å². The van der Waals surface area contributed by atoms with Gasteiger partial charge in [-0.2, -0.15) is 0 Å². The summed E-state index contributed by atoms with van der Waals surface area (Å²) in [6.07, 6.45) is -0.509. The first-order valence-electron chi connectivity index (χ1n) is 3.71. The highest BCUT2D eigenvalue weighted by Gasteiger charge is 2.06. The van der Waals surface area contributed by atoms with Crippen molar-refractivity contribution in [3.8, 4) is 0 Å². The molecule has 0 aliphatic heterocycles. The maximum atomic E-state index is 12.9. The van der Waals surface area contributed by atoms with E-state index in [4.69, 9.17) is 5.11 Å². The Labute approximate surface area is 69.7 Å². The average Bonchev–Trinajstić information content (AvgIpc) is 1.96. The SMILES string of the molecule is C[C@H](O)Cc1cc(F)ccc1F. The predicted octanol–water partition coefficient (Wildman–Crippen LogP) is 1.89. The van der Waals surface area contributed by atoms with E-state index in [1.807, 2.05) is 0 Å². The molecule has 0 radical (unpaired) electrons. The number of halogens is 2. The van der Waals surface area contributed by atoms with Gasteiger partial charge >= 0.3 is 0 Å². The molecule has 66 valence electrons. The second-order valence-corrected chi connectivity index (χ2v) is 2.79. The molecule has 1 aromatic carbocycles. The lowest BCUT2D eigenvalue weighted by Crippen LogP contribution is -2.06. The largest absolute Gasteiger partial charge is 0.393 e. The number of benzene rings is 1. The van der Waals surface area contributed by atoms with Crippen LogP contribution in [0.15, 0.2) is 18.2 Å². The standard InChI is InChI=1S/C9H10F2O/c1-6(12)4-7-5-8(10)2-3-9(7)11/h2-3,5-6,12H,4H2,1H3/t6-/m0/s1. The minimum Gasteiger partial charge on any atom is -0.393 e. The molecular formula is C9H10F2O. The first-order valence-corrected chi connectivity index (χ1v) is 3.71. The number of aliphatic hydroxyl groups excluding tert-OH is 1. The fourth-order valence-electron chi connectivity index (χ4n) is 1.02. The third-order valence-corrected chi connectivity index (χ3v) is 1.52. The summed E-state index contributed by atoms with van der Waals surface area (Å²) in [7, 11) is 0. The second-order valence-electron chi connectivity index (χ2n) is 2.79. The molecule has 0 aliphatic carbocycles. The van der Waals surface area contributed by atoms with Crippen LogP contribution in [0.4, 0.5) is 8.78 Å². The van der Waals surface area contributed by atoms with Crippen LogP contribution in [-0.4, -0.2) is 11.2 Å². The zero-order valence-electron chi connectivity index (χ0n) is 6.72. The number of hydrogen-bond acceptors (Lipinski definition) is 1. The van der Waals surface area contributed by atoms with E-state index in [2.05, 4.69) is 0 Å². The van der Waals surface area contributed by atoms with Crippen molar-refractivity contribution < 1.29 is 13.9 Å². The lowest BCUT2D eigenvalue weighted by molar-refractivity contribution is 0.194. The molecule has 0 aliphatic rings. The topological polar surface area (TPSA) is 20.2 Å². The van der Waals surface area contributed by atoms with E-state index in [0.29, 0.717) is 0 Å². The van der Waals surface area contributed by atoms with Crippen LogP contribution in [0.5, 0.6) is 0 Å². The fourth-order valence-corrected chi connectivity index (χ4v) is 1.02. The van der Waals surface area contributed by atoms with Crippen molar-refractivity contribution in [2.75, 3.05) is 0 Å². The van der Waals surface area contributed by atoms with Crippen LogP contribution in [-0.2, 0) is 6.42 Å². The van der Waals surface area contributed by atoms with Crippen molar-refractivity contribution in [3.05, 3.63) is 35.4 Å². The van der Waals surface area contributed by atoms with Crippen LogP contribution in [0.3, 0.4) is 0 Å². The van der Waals surface area contributed by atoms with Gasteiger partial charge in [-0.1, -0.05) is 0 Å². The van der Waals surface area contributed by atoms with Gasteiger partial charge in [-0.05, 0) is 30.7 Å². The summed E-state index contributed by atoms with van der Waals surface area (Å²) in [5, 5.41) is 8.93. The quantitative estimate of drug-likeness (QED) is 0.722. The maximum absolute atomic E-state index is 12.9. The molecule has 1 N–H and O–H groups in total. The smallest absolute Gasteiger partial charge is 0.126 e. The molecule has 0 unspecified atom stereocenters. The number of rotatable bonds is 2. The van der Waals surface area contributed by atoms with Gasteiger partial charge in [0.15, 0.2) is 0 Å². The highest BCUT2D eigenvalue weighted by atomic mass is 19.1. The predicted molar refractivity (Wildman–Crippen MR) is 41.7 cm³/mol. The van der Waals surface area contributed by atoms with Gasteiger partial charge in [0.1, 0.15) is 11.6 Å². The first-order chi connectivity index (χ1) is 5.59. The summed E-state index contributed by atoms with van der Waals surface area (Å²) >= 11 is 0. The Balaban J connectivity index is 2.90. The van der Waals surface area contributed by atoms with Crippen molar-refractivity contribution in [3.63, 3.8) is 0 Å². The van der Waals surface area contributed by atoms with Crippen molar-refractivity contribution in [2.24, 2.45) is 0 Å². The van der Waals surface area contributed by atoms with E-state index < -0.39 is 17.7 Å². The lowest BCUT2D eigenvalue weighted by atomic mass is 10.1. The van der Waals surface area contributed by atoms with Crippen LogP contribution in [0.25, 0.3) is 0 Å². The third-order valence-electron chi connectivity index (χ3n) is 1.52. The van der Waals surface area contributed by atoms with E-state index in [1.54, 1.807) is 0 Å². The Morgan fingerprint density at radius 1 is 1.42 bits per heavy atom. The van der Waals surface area contributed by atoms with Crippen molar-refractivity contribution in [2.45, 2.75) is 19.4 Å². The molecule has 0 aromatic heterocycles. The Morgan fingerprint density at radius 2 is 2.08 bits per heavy atom. The molecule has 0 saturated heterocycles. The van der Waals surface area contributed by atoms with Crippen LogP contribution >= 0.6 is 0 Å². The van der Waals surface area contributed by atoms with E-state index in [9.17, 15) is 8.78 Å². The summed E-state index contributed by atoms with van der Waals surface area (Å²) in [6.45, 7) is 1.53. The Morgan fingerprint density at radius 3 is 2.67 bits per heavy atom. The second kappa shape index (κ2) is 3.63. The van der Waals surface area contributed by atoms with Crippen LogP contribution in [0, 0.1) is 11.6 Å². The highest BCUT2D eigenvalue weighted by Crippen LogP contribution is 2.11. The summed E-state index contributed by atoms with van der Waals surface area (Å²) < 4.78 is 25.4. The van der Waals surface area contributed by atoms with Crippen molar-refractivity contribution in [1.29, 1.82) is 0 Å². The van der Waals surface area contributed by atoms with Gasteiger partial charge in [-0.3, -0.25) is 0 Å². The Kier molecular flexibility index (Phi) is 2.76. The van der Waals surface area contributed by atoms with Gasteiger partial charge < -0.3 is 5.11 Å². The first kappa shape index (κ1) is 9.13. The number of hydrogen-bond donors (Lipinski definition) is 1. The molecule has 0 fully saturated rings. The fraction of sp³-hybridized carbons (Fsp3) is 0.333. The Bertz CT molecular complexity index is 271. The zero-order chi connectivity index (χ0) is 9.14. The molecule has 0 spiro atoms. The van der Waals surface area contributed by atoms with Crippen LogP contribution < -0.4 is 0 Å². The monoisotopic (exact) mass is 172 g/mol. The minimum absolute atomic E-state index is 0.142. The van der Waals surface area contributed by atoms with Crippen LogP contribution in [0.1, 0.15) is 12.5 Å². The van der Waals surface area contributed by atoms with Crippen molar-refractivity contribution in [1.82, 2.24) is 0 Å². The van der Waals surface area contributed by atoms with E-state index in [1.165, 1.54) is 6.92 Å². The molecule has 12 heavy (non-hydrogen) atoms. The number of aliphatic hydroxyl groups is 1. The van der Waals surface area contributed by atoms with Gasteiger partial charge in [0.05, 0.1) is 6.10 Å². The molecule has 0 bridgehead atoms. The molecule has 1 atom stereocenters. The normalized spacial score (nSPS) is 13.0. The highest BCUT2D eigenvalue weighted by molar-refractivity contribution is 5.19. The summed E-state index contributed by atoms with van der Waals surface area (Å²) in [5.41, 5.74) is 0.213. The average molecular weight is 172 g/mol. The van der Waals surface area contributed by atoms with E-state index in [0.717, 1.165) is 18.2 Å². The van der Waals surface area contributed by atoms with Gasteiger partial charge in [-0.25, -0.2) is 8.78 Å². The van der Waals surface area contributed by atoms with E-state index >= 15 is 0 Å². The third kappa shape index (κ3) is 2.27. The molecule has 1 aromatic rings. The molecule has 3 heteroatoms. The molecule has 0 saturated carbocycles. The van der Waals surface area contributed by atoms with Gasteiger partial charge in [-0.15, -0.1) is 0 Å². The molecule has 0 heterocycles. The summed E-state index contributed by atoms with van der Waals surface area (Å²) in [6, 6.07) is 3.22. The van der Waals surface area contributed by atoms with Crippen LogP contribution in [0.2, 0.25) is 0 Å². The summed E-state index contributed by atoms with van der Waals surface area (Å²) in [4.78, 5) is 0. The van der Waals surface area contributed by atoms with Crippen molar-refractivity contribution >= 4 is 0 Å². The lowest BCUT2D eigenvalue weighted by Gasteiger charge is -2.04. The molecule has 0 amide bonds. The summed E-state index contributed by atoms with van der Waals surface area (Å²) in [5.74, 6) is -0.954. The van der Waals surface area contributed by atoms with Gasteiger partial charge in [0, 0.05) is 6.42 Å². The maximum Gasteiger partial charge on any atom is 0.126 e. The molecule has 1 nitrogen and oxygen atoms in total. The van der Waals surface area contributed by atoms with Gasteiger partial charge in [0.2, 0.25) is 0 Å². The van der Waals surface area contributed by atoms with E-state index in [-0.39, 0.29) is 12.0 Å². The minimum atomic E-state index is -0.652. The Hall–Kier alpha value is -0.960.